The minimum absolute atomic E-state index is 0.224. The average Bonchev–Trinajstić information content (AvgIpc) is 2.89. The molecule has 34 heavy (non-hydrogen) atoms. The molecule has 0 bridgehead atoms. The zero-order valence-electron chi connectivity index (χ0n) is 19.2. The van der Waals surface area contributed by atoms with E-state index in [4.69, 9.17) is 31.0 Å². The Balaban J connectivity index is 0.000000751. The van der Waals surface area contributed by atoms with Gasteiger partial charge in [0.2, 0.25) is 0 Å². The molecular weight excluding hydrogens is 546 g/mol. The number of methoxy groups -OCH3 is 1. The molecule has 0 fully saturated rings. The van der Waals surface area contributed by atoms with E-state index in [0.717, 1.165) is 33.8 Å². The number of aliphatic imine (C=N–C) groups is 1. The summed E-state index contributed by atoms with van der Waals surface area (Å²) in [4.78, 5) is 15.6. The topological polar surface area (TPSA) is 71.4 Å². The summed E-state index contributed by atoms with van der Waals surface area (Å²) in [5, 5.41) is 6.29. The van der Waals surface area contributed by atoms with Gasteiger partial charge in [-0.05, 0) is 43.7 Å². The van der Waals surface area contributed by atoms with Crippen LogP contribution in [0.1, 0.15) is 38.0 Å². The third-order valence-electron chi connectivity index (χ3n) is 5.24. The molecule has 1 N–H and O–H groups in total. The van der Waals surface area contributed by atoms with Gasteiger partial charge < -0.3 is 14.6 Å². The molecule has 0 radical (unpaired) electrons. The minimum atomic E-state index is -1.62. The second kappa shape index (κ2) is 10.7. The number of rotatable bonds is 3. The molecular formula is C24H26BrClFN2O4P. The van der Waals surface area contributed by atoms with E-state index in [9.17, 15) is 0 Å². The lowest BCUT2D eigenvalue weighted by Crippen LogP contribution is -2.42. The van der Waals surface area contributed by atoms with E-state index in [1.54, 1.807) is 14.0 Å². The van der Waals surface area contributed by atoms with Gasteiger partial charge in [-0.3, -0.25) is 14.7 Å². The summed E-state index contributed by atoms with van der Waals surface area (Å²) in [5.41, 5.74) is 3.92. The smallest absolute Gasteiger partial charge is 0.300 e. The molecule has 2 unspecified atom stereocenters. The lowest BCUT2D eigenvalue weighted by molar-refractivity contribution is -0.134. The van der Waals surface area contributed by atoms with E-state index in [1.165, 1.54) is 0 Å². The van der Waals surface area contributed by atoms with Gasteiger partial charge in [-0.2, -0.15) is 0 Å². The number of alkyl halides is 1. The molecule has 10 heteroatoms. The van der Waals surface area contributed by atoms with E-state index in [-0.39, 0.29) is 6.61 Å². The van der Waals surface area contributed by atoms with Crippen molar-refractivity contribution in [2.75, 3.05) is 25.2 Å². The molecule has 0 spiro atoms. The highest BCUT2D eigenvalue weighted by atomic mass is 79.9. The van der Waals surface area contributed by atoms with Crippen LogP contribution in [0.15, 0.2) is 57.1 Å². The maximum Gasteiger partial charge on any atom is 0.300 e. The molecule has 0 saturated heterocycles. The van der Waals surface area contributed by atoms with E-state index in [2.05, 4.69) is 30.2 Å². The maximum absolute atomic E-state index is 15.3. The van der Waals surface area contributed by atoms with Crippen LogP contribution in [0.2, 0.25) is 5.02 Å². The molecule has 182 valence electrons. The molecule has 2 aliphatic rings. The monoisotopic (exact) mass is 570 g/mol. The Labute approximate surface area is 214 Å². The van der Waals surface area contributed by atoms with Gasteiger partial charge in [0.15, 0.2) is 5.41 Å². The summed E-state index contributed by atoms with van der Waals surface area (Å²) in [6.45, 7) is 5.20. The van der Waals surface area contributed by atoms with Crippen LogP contribution in [-0.4, -0.2) is 42.6 Å². The largest absolute Gasteiger partial charge is 0.495 e. The fourth-order valence-electron chi connectivity index (χ4n) is 4.01. The first kappa shape index (κ1) is 26.6. The van der Waals surface area contributed by atoms with Gasteiger partial charge in [0.25, 0.3) is 5.97 Å². The van der Waals surface area contributed by atoms with Gasteiger partial charge in [0.05, 0.1) is 30.1 Å². The van der Waals surface area contributed by atoms with Gasteiger partial charge in [-0.1, -0.05) is 48.9 Å². The third-order valence-corrected chi connectivity index (χ3v) is 6.41. The first-order valence-corrected chi connectivity index (χ1v) is 12.1. The Morgan fingerprint density at radius 3 is 2.68 bits per heavy atom. The molecule has 0 saturated carbocycles. The number of carboxylic acids is 1. The number of amidine groups is 1. The number of anilines is 1. The highest BCUT2D eigenvalue weighted by Crippen LogP contribution is 2.46. The van der Waals surface area contributed by atoms with Crippen LogP contribution in [-0.2, 0) is 9.53 Å². The maximum atomic E-state index is 15.3. The summed E-state index contributed by atoms with van der Waals surface area (Å²) in [6.07, 6.45) is -0.467. The van der Waals surface area contributed by atoms with E-state index in [1.807, 2.05) is 48.2 Å². The summed E-state index contributed by atoms with van der Waals surface area (Å²) < 4.78 is 27.9. The van der Waals surface area contributed by atoms with Crippen molar-refractivity contribution in [3.8, 4) is 5.75 Å². The normalized spacial score (nSPS) is 19.0. The van der Waals surface area contributed by atoms with E-state index >= 15 is 4.39 Å². The number of nitrogens with zero attached hydrogens (tertiary/aromatic N) is 2. The number of carboxylic acid groups (broad SMARTS) is 1. The van der Waals surface area contributed by atoms with Gasteiger partial charge in [0, 0.05) is 22.5 Å². The van der Waals surface area contributed by atoms with Crippen molar-refractivity contribution in [2.24, 2.45) is 4.99 Å². The van der Waals surface area contributed by atoms with Crippen molar-refractivity contribution in [2.45, 2.75) is 32.3 Å². The van der Waals surface area contributed by atoms with Crippen LogP contribution in [0.4, 0.5) is 10.1 Å². The third kappa shape index (κ3) is 5.62. The highest BCUT2D eigenvalue weighted by molar-refractivity contribution is 9.10. The first-order valence-electron chi connectivity index (χ1n) is 10.4. The molecule has 6 nitrogen and oxygen atoms in total. The molecule has 2 aromatic rings. The minimum Gasteiger partial charge on any atom is -0.495 e. The number of fused-ring (bicyclic) bond motifs is 3. The number of allylic oxidation sites excluding steroid dienone is 1. The van der Waals surface area contributed by atoms with Crippen LogP contribution in [0, 0.1) is 0 Å². The molecule has 2 aliphatic heterocycles. The second-order valence-electron chi connectivity index (χ2n) is 8.05. The predicted octanol–water partition coefficient (Wildman–Crippen LogP) is 6.37. The molecule has 3 atom stereocenters. The number of aliphatic carboxylic acids is 1. The quantitative estimate of drug-likeness (QED) is 0.433. The molecule has 0 aliphatic carbocycles. The standard InChI is InChI=1S/C22H22BrClFN2O2P.C2H4O2/c1-12-10-26-18-11-29-20(14-5-4-6-17(28-3)19(14)24)15-9-13(23)7-8-16(15)27(18)21(12)22(2,25)30;1-2(3)4/h4-9,20H,10-11,30H2,1-3H3;1H3,(H,3,4)/t20-,22?;/m1./s1. The number of halogens is 3. The Hall–Kier alpha value is -1.99. The Morgan fingerprint density at radius 2 is 2.06 bits per heavy atom. The fourth-order valence-corrected chi connectivity index (χ4v) is 5.07. The lowest BCUT2D eigenvalue weighted by Gasteiger charge is -2.37. The fraction of sp³-hybridized carbons (Fsp3) is 0.333. The van der Waals surface area contributed by atoms with Gasteiger partial charge in [0.1, 0.15) is 24.3 Å². The van der Waals surface area contributed by atoms with Gasteiger partial charge in [-0.25, -0.2) is 4.39 Å². The van der Waals surface area contributed by atoms with Crippen LogP contribution >= 0.6 is 36.8 Å². The number of benzene rings is 2. The Morgan fingerprint density at radius 1 is 1.38 bits per heavy atom. The SMILES string of the molecule is CC(=O)O.COc1cccc([C@H]2OCC3=NCC(C)=C(C(C)(F)P)N3c3ccc(Br)cc32)c1Cl. The van der Waals surface area contributed by atoms with E-state index < -0.39 is 17.5 Å². The zero-order chi connectivity index (χ0) is 25.2. The average molecular weight is 572 g/mol. The molecule has 0 aromatic heterocycles. The van der Waals surface area contributed by atoms with Gasteiger partial charge in [-0.15, -0.1) is 0 Å². The molecule has 0 amide bonds. The second-order valence-corrected chi connectivity index (χ2v) is 10.4. The van der Waals surface area contributed by atoms with Crippen LogP contribution in [0.5, 0.6) is 5.75 Å². The van der Waals surface area contributed by atoms with Crippen molar-refractivity contribution >= 4 is 54.3 Å². The number of hydrogen-bond donors (Lipinski definition) is 1. The summed E-state index contributed by atoms with van der Waals surface area (Å²) in [7, 11) is 3.89. The van der Waals surface area contributed by atoms with Crippen molar-refractivity contribution < 1.29 is 23.8 Å². The summed E-state index contributed by atoms with van der Waals surface area (Å²) >= 11 is 10.2. The lowest BCUT2D eigenvalue weighted by atomic mass is 9.98. The van der Waals surface area contributed by atoms with Crippen molar-refractivity contribution in [1.82, 2.24) is 0 Å². The number of ether oxygens (including phenoxy) is 2. The number of carbonyl (C=O) groups is 1. The Bertz CT molecular complexity index is 1160. The van der Waals surface area contributed by atoms with Gasteiger partial charge >= 0.3 is 0 Å². The summed E-state index contributed by atoms with van der Waals surface area (Å²) in [6, 6.07) is 11.5. The van der Waals surface area contributed by atoms with Crippen LogP contribution in [0.25, 0.3) is 0 Å². The summed E-state index contributed by atoms with van der Waals surface area (Å²) in [5.74, 6) is 0.415. The van der Waals surface area contributed by atoms with Crippen LogP contribution in [0.3, 0.4) is 0 Å². The van der Waals surface area contributed by atoms with Crippen molar-refractivity contribution in [3.63, 3.8) is 0 Å². The van der Waals surface area contributed by atoms with Crippen molar-refractivity contribution in [3.05, 3.63) is 68.3 Å². The predicted molar refractivity (Wildman–Crippen MR) is 140 cm³/mol. The molecule has 2 heterocycles. The first-order chi connectivity index (χ1) is 16.0. The highest BCUT2D eigenvalue weighted by Gasteiger charge is 2.39. The van der Waals surface area contributed by atoms with Crippen molar-refractivity contribution in [1.29, 1.82) is 0 Å². The number of hydrogen-bond acceptors (Lipinski definition) is 5. The molecule has 2 aromatic carbocycles. The van der Waals surface area contributed by atoms with Crippen LogP contribution < -0.4 is 9.64 Å². The molecule has 4 rings (SSSR count). The Kier molecular flexibility index (Phi) is 8.40. The van der Waals surface area contributed by atoms with E-state index in [0.29, 0.717) is 28.8 Å². The zero-order valence-corrected chi connectivity index (χ0v) is 22.7.